The van der Waals surface area contributed by atoms with Crippen molar-refractivity contribution in [2.24, 2.45) is 0 Å². The second kappa shape index (κ2) is 7.83. The number of β-amino-alcohol motifs (C(OH)–C–C–N with tert-alkyl or cyclic N) is 1. The monoisotopic (exact) mass is 345 g/mol. The zero-order valence-electron chi connectivity index (χ0n) is 13.9. The normalized spacial score (nSPS) is 15.7. The molecule has 1 fully saturated rings. The molecule has 1 aliphatic rings. The summed E-state index contributed by atoms with van der Waals surface area (Å²) >= 11 is 1.56. The molecule has 1 aliphatic heterocycles. The van der Waals surface area contributed by atoms with Crippen LogP contribution < -0.4 is 10.6 Å². The van der Waals surface area contributed by atoms with Crippen LogP contribution in [0.4, 0.5) is 11.5 Å². The molecule has 6 nitrogen and oxygen atoms in total. The number of hydrogen-bond acceptors (Lipinski definition) is 7. The number of hydrogen-bond donors (Lipinski definition) is 2. The zero-order chi connectivity index (χ0) is 16.9. The molecule has 0 unspecified atom stereocenters. The summed E-state index contributed by atoms with van der Waals surface area (Å²) in [6, 6.07) is 8.33. The Kier molecular flexibility index (Phi) is 5.55. The van der Waals surface area contributed by atoms with Crippen LogP contribution in [-0.4, -0.2) is 59.3 Å². The van der Waals surface area contributed by atoms with E-state index in [0.717, 1.165) is 48.5 Å². The first-order valence-electron chi connectivity index (χ1n) is 8.10. The first-order chi connectivity index (χ1) is 11.7. The zero-order valence-corrected chi connectivity index (χ0v) is 14.7. The highest BCUT2D eigenvalue weighted by Gasteiger charge is 2.21. The fraction of sp³-hybridized carbons (Fsp3) is 0.412. The van der Waals surface area contributed by atoms with Gasteiger partial charge in [-0.1, -0.05) is 29.5 Å². The fourth-order valence-corrected chi connectivity index (χ4v) is 3.54. The highest BCUT2D eigenvalue weighted by molar-refractivity contribution is 7.99. The van der Waals surface area contributed by atoms with E-state index in [4.69, 9.17) is 10.8 Å². The van der Waals surface area contributed by atoms with Crippen molar-refractivity contribution in [3.63, 3.8) is 0 Å². The molecule has 24 heavy (non-hydrogen) atoms. The van der Waals surface area contributed by atoms with Gasteiger partial charge in [-0.05, 0) is 19.1 Å². The number of aromatic nitrogens is 2. The van der Waals surface area contributed by atoms with Crippen LogP contribution in [0.1, 0.15) is 5.56 Å². The third-order valence-electron chi connectivity index (χ3n) is 4.15. The van der Waals surface area contributed by atoms with E-state index >= 15 is 0 Å². The largest absolute Gasteiger partial charge is 0.395 e. The molecule has 7 heteroatoms. The molecule has 1 aromatic carbocycles. The highest BCUT2D eigenvalue weighted by atomic mass is 32.2. The number of aliphatic hydroxyl groups excluding tert-OH is 1. The summed E-state index contributed by atoms with van der Waals surface area (Å²) in [5, 5.41) is 9.83. The molecule has 1 saturated heterocycles. The highest BCUT2D eigenvalue weighted by Crippen LogP contribution is 2.34. The minimum Gasteiger partial charge on any atom is -0.395 e. The molecule has 0 aliphatic carbocycles. The lowest BCUT2D eigenvalue weighted by Gasteiger charge is -2.35. The number of nitrogens with zero attached hydrogens (tertiary/aromatic N) is 4. The Bertz CT molecular complexity index is 671. The Labute approximate surface area is 146 Å². The average Bonchev–Trinajstić information content (AvgIpc) is 2.60. The van der Waals surface area contributed by atoms with Crippen molar-refractivity contribution in [2.75, 3.05) is 50.0 Å². The molecule has 0 amide bonds. The van der Waals surface area contributed by atoms with E-state index in [1.807, 2.05) is 0 Å². The summed E-state index contributed by atoms with van der Waals surface area (Å²) in [7, 11) is 0. The minimum absolute atomic E-state index is 0.201. The van der Waals surface area contributed by atoms with E-state index in [9.17, 15) is 0 Å². The first-order valence-corrected chi connectivity index (χ1v) is 8.92. The van der Waals surface area contributed by atoms with Crippen LogP contribution in [0.3, 0.4) is 0 Å². The molecular weight excluding hydrogens is 322 g/mol. The molecule has 128 valence electrons. The Morgan fingerprint density at radius 3 is 2.50 bits per heavy atom. The summed E-state index contributed by atoms with van der Waals surface area (Å²) in [4.78, 5) is 14.3. The molecule has 3 N–H and O–H groups in total. The number of aryl methyl sites for hydroxylation is 1. The Morgan fingerprint density at radius 2 is 1.83 bits per heavy atom. The quantitative estimate of drug-likeness (QED) is 0.798. The topological polar surface area (TPSA) is 78.5 Å². The van der Waals surface area contributed by atoms with Gasteiger partial charge in [-0.3, -0.25) is 4.90 Å². The van der Waals surface area contributed by atoms with Gasteiger partial charge in [-0.25, -0.2) is 9.97 Å². The van der Waals surface area contributed by atoms with Crippen molar-refractivity contribution in [3.8, 4) is 0 Å². The van der Waals surface area contributed by atoms with E-state index < -0.39 is 0 Å². The Morgan fingerprint density at radius 1 is 1.12 bits per heavy atom. The summed E-state index contributed by atoms with van der Waals surface area (Å²) in [6.07, 6.45) is 1.59. The van der Waals surface area contributed by atoms with Gasteiger partial charge in [-0.15, -0.1) is 0 Å². The van der Waals surface area contributed by atoms with E-state index in [2.05, 4.69) is 51.0 Å². The maximum absolute atomic E-state index is 9.04. The van der Waals surface area contributed by atoms with Crippen LogP contribution in [-0.2, 0) is 0 Å². The van der Waals surface area contributed by atoms with E-state index in [0.29, 0.717) is 5.69 Å². The molecule has 0 radical (unpaired) electrons. The lowest BCUT2D eigenvalue weighted by atomic mass is 10.2. The molecule has 0 saturated carbocycles. The van der Waals surface area contributed by atoms with Gasteiger partial charge in [0.1, 0.15) is 17.0 Å². The van der Waals surface area contributed by atoms with Crippen molar-refractivity contribution < 1.29 is 5.11 Å². The van der Waals surface area contributed by atoms with Gasteiger partial charge in [0.15, 0.2) is 5.82 Å². The number of piperazine rings is 1. The van der Waals surface area contributed by atoms with Crippen molar-refractivity contribution in [2.45, 2.75) is 16.8 Å². The van der Waals surface area contributed by atoms with Crippen molar-refractivity contribution in [3.05, 3.63) is 36.2 Å². The van der Waals surface area contributed by atoms with Gasteiger partial charge >= 0.3 is 0 Å². The minimum atomic E-state index is 0.201. The van der Waals surface area contributed by atoms with Crippen LogP contribution in [0.5, 0.6) is 0 Å². The summed E-state index contributed by atoms with van der Waals surface area (Å²) in [6.45, 7) is 6.53. The molecular formula is C17H23N5OS. The number of rotatable bonds is 5. The van der Waals surface area contributed by atoms with Crippen LogP contribution in [0.2, 0.25) is 0 Å². The molecule has 0 spiro atoms. The van der Waals surface area contributed by atoms with Crippen molar-refractivity contribution in [1.82, 2.24) is 14.9 Å². The predicted octanol–water partition coefficient (Wildman–Crippen LogP) is 1.63. The van der Waals surface area contributed by atoms with E-state index in [1.165, 1.54) is 5.56 Å². The summed E-state index contributed by atoms with van der Waals surface area (Å²) in [5.74, 6) is 0.809. The van der Waals surface area contributed by atoms with Gasteiger partial charge in [0.2, 0.25) is 0 Å². The van der Waals surface area contributed by atoms with Gasteiger partial charge in [0.25, 0.3) is 0 Å². The summed E-state index contributed by atoms with van der Waals surface area (Å²) in [5.41, 5.74) is 8.21. The molecule has 2 heterocycles. The molecule has 0 bridgehead atoms. The van der Waals surface area contributed by atoms with Gasteiger partial charge in [0, 0.05) is 37.6 Å². The van der Waals surface area contributed by atoms with Gasteiger partial charge in [0.05, 0.1) is 6.61 Å². The molecule has 2 aromatic rings. The SMILES string of the molecule is Cc1ccc(Sc2ncnc(N3CCN(CCO)CC3)c2N)cc1. The number of nitrogens with two attached hydrogens (primary N) is 1. The van der Waals surface area contributed by atoms with Gasteiger partial charge < -0.3 is 15.7 Å². The Balaban J connectivity index is 1.73. The standard InChI is InChI=1S/C17H23N5OS/c1-13-2-4-14(5-3-13)24-17-15(18)16(19-12-20-17)22-8-6-21(7-9-22)10-11-23/h2-5,12,23H,6-11,18H2,1H3. The smallest absolute Gasteiger partial charge is 0.156 e. The second-order valence-corrected chi connectivity index (χ2v) is 6.95. The second-order valence-electron chi connectivity index (χ2n) is 5.88. The van der Waals surface area contributed by atoms with Crippen LogP contribution >= 0.6 is 11.8 Å². The van der Waals surface area contributed by atoms with Crippen molar-refractivity contribution >= 4 is 23.3 Å². The van der Waals surface area contributed by atoms with E-state index in [1.54, 1.807) is 18.1 Å². The Hall–Kier alpha value is -1.83. The average molecular weight is 345 g/mol. The number of aliphatic hydroxyl groups is 1. The van der Waals surface area contributed by atoms with Crippen molar-refractivity contribution in [1.29, 1.82) is 0 Å². The first kappa shape index (κ1) is 17.0. The maximum atomic E-state index is 9.04. The number of benzene rings is 1. The van der Waals surface area contributed by atoms with Crippen LogP contribution in [0.25, 0.3) is 0 Å². The lowest BCUT2D eigenvalue weighted by Crippen LogP contribution is -2.47. The number of anilines is 2. The summed E-state index contributed by atoms with van der Waals surface area (Å²) < 4.78 is 0. The van der Waals surface area contributed by atoms with Crippen LogP contribution in [0, 0.1) is 6.92 Å². The maximum Gasteiger partial charge on any atom is 0.156 e. The number of nitrogen functional groups attached to an aromatic ring is 1. The third kappa shape index (κ3) is 3.98. The molecule has 3 rings (SSSR count). The molecule has 1 aromatic heterocycles. The van der Waals surface area contributed by atoms with Gasteiger partial charge in [-0.2, -0.15) is 0 Å². The predicted molar refractivity (Wildman–Crippen MR) is 97.5 cm³/mol. The van der Waals surface area contributed by atoms with Crippen LogP contribution in [0.15, 0.2) is 40.5 Å². The fourth-order valence-electron chi connectivity index (χ4n) is 2.75. The van der Waals surface area contributed by atoms with E-state index in [-0.39, 0.29) is 6.61 Å². The lowest BCUT2D eigenvalue weighted by molar-refractivity contribution is 0.188. The third-order valence-corrected chi connectivity index (χ3v) is 5.18. The molecule has 0 atom stereocenters.